The number of unbranched alkanes of at least 4 members (excludes halogenated alkanes) is 21. The Hall–Kier alpha value is -2.37. The van der Waals surface area contributed by atoms with E-state index in [4.69, 9.17) is 9.47 Å². The number of hydrogen-bond donors (Lipinski definition) is 6. The van der Waals surface area contributed by atoms with Gasteiger partial charge in [-0.25, -0.2) is 0 Å². The van der Waals surface area contributed by atoms with Crippen molar-refractivity contribution in [3.8, 4) is 0 Å². The number of carbonyl (C=O) groups is 1. The van der Waals surface area contributed by atoms with Gasteiger partial charge < -0.3 is 40.3 Å². The van der Waals surface area contributed by atoms with E-state index in [0.717, 1.165) is 57.8 Å². The lowest BCUT2D eigenvalue weighted by Gasteiger charge is -2.40. The average Bonchev–Trinajstić information content (AvgIpc) is 3.27. The molecule has 0 bridgehead atoms. The van der Waals surface area contributed by atoms with Gasteiger partial charge in [-0.2, -0.15) is 0 Å². The van der Waals surface area contributed by atoms with Crippen LogP contribution in [-0.4, -0.2) is 87.5 Å². The van der Waals surface area contributed by atoms with Gasteiger partial charge >= 0.3 is 0 Å². The van der Waals surface area contributed by atoms with Crippen molar-refractivity contribution in [2.75, 3.05) is 13.2 Å². The summed E-state index contributed by atoms with van der Waals surface area (Å²) in [4.78, 5) is 12.9. The second-order valence-corrected chi connectivity index (χ2v) is 17.2. The van der Waals surface area contributed by atoms with Crippen molar-refractivity contribution in [2.24, 2.45) is 0 Å². The third-order valence-electron chi connectivity index (χ3n) is 11.5. The number of hydrogen-bond acceptors (Lipinski definition) is 8. The Labute approximate surface area is 378 Å². The Morgan fingerprint density at radius 1 is 0.565 bits per heavy atom. The summed E-state index contributed by atoms with van der Waals surface area (Å²) >= 11 is 0. The van der Waals surface area contributed by atoms with Crippen LogP contribution in [0.1, 0.15) is 200 Å². The summed E-state index contributed by atoms with van der Waals surface area (Å²) in [7, 11) is 0. The zero-order valence-corrected chi connectivity index (χ0v) is 39.4. The van der Waals surface area contributed by atoms with E-state index in [0.29, 0.717) is 6.42 Å². The van der Waals surface area contributed by atoms with Gasteiger partial charge in [-0.15, -0.1) is 0 Å². The van der Waals surface area contributed by atoms with E-state index in [1.807, 2.05) is 6.08 Å². The quantitative estimate of drug-likeness (QED) is 0.0263. The van der Waals surface area contributed by atoms with Crippen LogP contribution in [0.5, 0.6) is 0 Å². The average molecular weight is 872 g/mol. The van der Waals surface area contributed by atoms with Gasteiger partial charge in [-0.3, -0.25) is 4.79 Å². The lowest BCUT2D eigenvalue weighted by Crippen LogP contribution is -2.60. The molecule has 7 unspecified atom stereocenters. The van der Waals surface area contributed by atoms with Crippen LogP contribution in [0.25, 0.3) is 0 Å². The van der Waals surface area contributed by atoms with Crippen LogP contribution in [0.15, 0.2) is 72.9 Å². The van der Waals surface area contributed by atoms with E-state index in [2.05, 4.69) is 79.9 Å². The summed E-state index contributed by atoms with van der Waals surface area (Å²) in [6.45, 7) is 3.62. The largest absolute Gasteiger partial charge is 0.394 e. The summed E-state index contributed by atoms with van der Waals surface area (Å²) in [6, 6.07) is -0.847. The third kappa shape index (κ3) is 32.3. The van der Waals surface area contributed by atoms with E-state index >= 15 is 0 Å². The normalized spacial score (nSPS) is 20.9. The second kappa shape index (κ2) is 42.6. The first-order valence-electron chi connectivity index (χ1n) is 25.2. The van der Waals surface area contributed by atoms with Gasteiger partial charge in [0.2, 0.25) is 5.91 Å². The molecule has 0 radical (unpaired) electrons. The van der Waals surface area contributed by atoms with Gasteiger partial charge in [0, 0.05) is 6.42 Å². The fraction of sp³-hybridized carbons (Fsp3) is 0.755. The number of amides is 1. The molecule has 62 heavy (non-hydrogen) atoms. The van der Waals surface area contributed by atoms with Crippen molar-refractivity contribution in [3.63, 3.8) is 0 Å². The molecule has 7 atom stereocenters. The van der Waals surface area contributed by atoms with Crippen LogP contribution in [-0.2, 0) is 14.3 Å². The topological polar surface area (TPSA) is 149 Å². The van der Waals surface area contributed by atoms with Crippen LogP contribution in [0, 0.1) is 0 Å². The van der Waals surface area contributed by atoms with Crippen LogP contribution in [0.2, 0.25) is 0 Å². The van der Waals surface area contributed by atoms with E-state index in [-0.39, 0.29) is 18.9 Å². The highest BCUT2D eigenvalue weighted by molar-refractivity contribution is 5.76. The molecule has 1 saturated heterocycles. The van der Waals surface area contributed by atoms with Crippen molar-refractivity contribution >= 4 is 5.91 Å². The predicted molar refractivity (Wildman–Crippen MR) is 258 cm³/mol. The molecule has 0 aromatic carbocycles. The number of ether oxygens (including phenoxy) is 2. The van der Waals surface area contributed by atoms with Gasteiger partial charge in [0.15, 0.2) is 6.29 Å². The molecule has 1 amide bonds. The highest BCUT2D eigenvalue weighted by atomic mass is 16.7. The number of nitrogens with one attached hydrogen (secondary N) is 1. The number of aliphatic hydroxyl groups is 5. The lowest BCUT2D eigenvalue weighted by atomic mass is 9.99. The van der Waals surface area contributed by atoms with E-state index < -0.39 is 49.5 Å². The standard InChI is InChI=1S/C53H93NO8/c1-3-5-7-9-11-13-15-17-19-20-21-22-23-24-25-26-27-29-30-32-34-36-38-40-42-47(56)46(45-61-53-52(60)51(59)50(58)48(44-55)62-53)54-49(57)43-41-39-37-35-33-31-28-18-16-14-12-10-8-6-4-2/h6,8,12,14,18,28,32-35,40,42,46-48,50-53,55-56,58-60H,3-5,7,9-11,13,15-17,19-27,29-31,36-39,41,43-45H2,1-2H3,(H,54,57)/b8-6-,14-12-,28-18-,34-32+,35-33-,42-40+. The molecule has 6 N–H and O–H groups in total. The van der Waals surface area contributed by atoms with Crippen molar-refractivity contribution in [1.29, 1.82) is 0 Å². The van der Waals surface area contributed by atoms with E-state index in [1.54, 1.807) is 6.08 Å². The molecule has 1 heterocycles. The first kappa shape index (κ1) is 57.6. The molecule has 9 heteroatoms. The Kier molecular flexibility index (Phi) is 39.6. The SMILES string of the molecule is CC/C=C\C/C=C\C/C=C\C/C=C\CCCCC(=O)NC(COC1OC(CO)C(O)C(O)C1O)C(O)/C=C/CC/C=C/CCCCCCCCCCCCCCCCCCCC. The molecule has 0 aromatic rings. The Morgan fingerprint density at radius 2 is 1.02 bits per heavy atom. The van der Waals surface area contributed by atoms with Gasteiger partial charge in [0.05, 0.1) is 25.4 Å². The number of rotatable bonds is 41. The predicted octanol–water partition coefficient (Wildman–Crippen LogP) is 11.3. The monoisotopic (exact) mass is 872 g/mol. The number of allylic oxidation sites excluding steroid dienone is 11. The summed E-state index contributed by atoms with van der Waals surface area (Å²) < 4.78 is 11.2. The molecule has 1 rings (SSSR count). The zero-order valence-electron chi connectivity index (χ0n) is 39.4. The minimum absolute atomic E-state index is 0.221. The van der Waals surface area contributed by atoms with Gasteiger partial charge in [-0.05, 0) is 70.6 Å². The summed E-state index contributed by atoms with van der Waals surface area (Å²) in [5.74, 6) is -0.229. The molecule has 0 aromatic heterocycles. The molecule has 0 spiro atoms. The van der Waals surface area contributed by atoms with Crippen molar-refractivity contribution in [3.05, 3.63) is 72.9 Å². The molecular weight excluding hydrogens is 779 g/mol. The third-order valence-corrected chi connectivity index (χ3v) is 11.5. The molecule has 1 fully saturated rings. The molecule has 0 saturated carbocycles. The fourth-order valence-electron chi connectivity index (χ4n) is 7.52. The van der Waals surface area contributed by atoms with E-state index in [9.17, 15) is 30.3 Å². The highest BCUT2D eigenvalue weighted by Crippen LogP contribution is 2.22. The Bertz CT molecular complexity index is 1200. The molecule has 1 aliphatic heterocycles. The minimum atomic E-state index is -1.58. The second-order valence-electron chi connectivity index (χ2n) is 17.2. The number of aliphatic hydroxyl groups excluding tert-OH is 5. The molecule has 0 aliphatic carbocycles. The van der Waals surface area contributed by atoms with Gasteiger partial charge in [-0.1, -0.05) is 196 Å². The van der Waals surface area contributed by atoms with Crippen LogP contribution >= 0.6 is 0 Å². The molecule has 9 nitrogen and oxygen atoms in total. The maximum absolute atomic E-state index is 12.9. The Morgan fingerprint density at radius 3 is 1.55 bits per heavy atom. The minimum Gasteiger partial charge on any atom is -0.394 e. The molecule has 1 aliphatic rings. The van der Waals surface area contributed by atoms with Crippen LogP contribution in [0.3, 0.4) is 0 Å². The lowest BCUT2D eigenvalue weighted by molar-refractivity contribution is -0.302. The first-order valence-corrected chi connectivity index (χ1v) is 25.2. The van der Waals surface area contributed by atoms with Crippen molar-refractivity contribution in [1.82, 2.24) is 5.32 Å². The van der Waals surface area contributed by atoms with Crippen molar-refractivity contribution < 1.29 is 39.8 Å². The summed E-state index contributed by atoms with van der Waals surface area (Å²) in [5.41, 5.74) is 0. The maximum Gasteiger partial charge on any atom is 0.220 e. The number of carbonyl (C=O) groups excluding carboxylic acids is 1. The summed E-state index contributed by atoms with van der Waals surface area (Å²) in [6.07, 6.45) is 51.1. The smallest absolute Gasteiger partial charge is 0.220 e. The molecule has 358 valence electrons. The Balaban J connectivity index is 2.34. The van der Waals surface area contributed by atoms with Gasteiger partial charge in [0.25, 0.3) is 0 Å². The molecular formula is C53H93NO8. The fourth-order valence-corrected chi connectivity index (χ4v) is 7.52. The zero-order chi connectivity index (χ0) is 45.1. The highest BCUT2D eigenvalue weighted by Gasteiger charge is 2.44. The van der Waals surface area contributed by atoms with Crippen LogP contribution in [0.4, 0.5) is 0 Å². The van der Waals surface area contributed by atoms with Crippen LogP contribution < -0.4 is 5.32 Å². The van der Waals surface area contributed by atoms with E-state index in [1.165, 1.54) is 116 Å². The van der Waals surface area contributed by atoms with Gasteiger partial charge in [0.1, 0.15) is 24.4 Å². The first-order chi connectivity index (χ1) is 30.3. The summed E-state index contributed by atoms with van der Waals surface area (Å²) in [5, 5.41) is 54.2. The van der Waals surface area contributed by atoms with Crippen molar-refractivity contribution in [2.45, 2.75) is 243 Å². The maximum atomic E-state index is 12.9.